The number of nitrogens with zero attached hydrogens (tertiary/aromatic N) is 2. The van der Waals surface area contributed by atoms with Crippen molar-refractivity contribution in [1.82, 2.24) is 15.3 Å². The Labute approximate surface area is 134 Å². The lowest BCUT2D eigenvalue weighted by Crippen LogP contribution is -2.41. The van der Waals surface area contributed by atoms with Gasteiger partial charge in [0, 0.05) is 11.9 Å². The number of carbonyl (C=O) groups excluding carboxylic acids is 1. The Morgan fingerprint density at radius 1 is 1.27 bits per heavy atom. The number of carbonyl (C=O) groups is 1. The molecule has 2 heterocycles. The van der Waals surface area contributed by atoms with E-state index < -0.39 is 0 Å². The number of likely N-dealkylation sites (N-methyl/N-ethyl adjacent to an activating group) is 1. The van der Waals surface area contributed by atoms with Crippen LogP contribution in [0.25, 0.3) is 10.2 Å². The van der Waals surface area contributed by atoms with Crippen LogP contribution < -0.4 is 10.6 Å². The van der Waals surface area contributed by atoms with Gasteiger partial charge in [0.15, 0.2) is 0 Å². The van der Waals surface area contributed by atoms with Crippen LogP contribution >= 0.6 is 11.3 Å². The summed E-state index contributed by atoms with van der Waals surface area (Å²) in [6.07, 6.45) is 6.29. The quantitative estimate of drug-likeness (QED) is 0.909. The second kappa shape index (κ2) is 6.20. The van der Waals surface area contributed by atoms with E-state index in [4.69, 9.17) is 0 Å². The van der Waals surface area contributed by atoms with Crippen molar-refractivity contribution in [3.8, 4) is 0 Å². The molecule has 5 nitrogen and oxygen atoms in total. The van der Waals surface area contributed by atoms with E-state index in [1.54, 1.807) is 24.7 Å². The molecule has 22 heavy (non-hydrogen) atoms. The number of hydrogen-bond acceptors (Lipinski definition) is 5. The van der Waals surface area contributed by atoms with Gasteiger partial charge in [0.05, 0.1) is 5.39 Å². The van der Waals surface area contributed by atoms with Gasteiger partial charge in [-0.2, -0.15) is 0 Å². The lowest BCUT2D eigenvalue weighted by Gasteiger charge is -2.22. The van der Waals surface area contributed by atoms with Crippen LogP contribution in [0.4, 0.5) is 5.82 Å². The molecule has 1 aliphatic rings. The van der Waals surface area contributed by atoms with Crippen LogP contribution in [0.2, 0.25) is 0 Å². The Kier molecular flexibility index (Phi) is 4.29. The molecule has 1 amide bonds. The number of amides is 1. The highest BCUT2D eigenvalue weighted by atomic mass is 32.1. The molecule has 0 saturated carbocycles. The zero-order valence-electron chi connectivity index (χ0n) is 13.3. The van der Waals surface area contributed by atoms with Gasteiger partial charge in [0.1, 0.15) is 23.0 Å². The monoisotopic (exact) mass is 318 g/mol. The molecule has 0 bridgehead atoms. The topological polar surface area (TPSA) is 66.9 Å². The standard InChI is InChI=1S/C16H22N4OS/c1-9(2)13(15(21)17-3)20-14-12-10-6-4-5-7-11(10)22-16(12)19-8-18-14/h8-9,13H,4-7H2,1-3H3,(H,17,21)(H,18,19,20). The summed E-state index contributed by atoms with van der Waals surface area (Å²) in [4.78, 5) is 23.4. The molecule has 0 spiro atoms. The normalized spacial score (nSPS) is 15.6. The summed E-state index contributed by atoms with van der Waals surface area (Å²) >= 11 is 1.77. The Hall–Kier alpha value is -1.69. The van der Waals surface area contributed by atoms with Crippen LogP contribution in [-0.2, 0) is 17.6 Å². The Morgan fingerprint density at radius 2 is 2.05 bits per heavy atom. The highest BCUT2D eigenvalue weighted by molar-refractivity contribution is 7.19. The number of rotatable bonds is 4. The third-order valence-electron chi connectivity index (χ3n) is 4.24. The van der Waals surface area contributed by atoms with Gasteiger partial charge in [-0.1, -0.05) is 13.8 Å². The molecule has 0 aliphatic heterocycles. The molecular formula is C16H22N4OS. The van der Waals surface area contributed by atoms with Crippen LogP contribution in [0.1, 0.15) is 37.1 Å². The molecule has 6 heteroatoms. The van der Waals surface area contributed by atoms with Crippen molar-refractivity contribution >= 4 is 33.3 Å². The van der Waals surface area contributed by atoms with Crippen molar-refractivity contribution in [3.05, 3.63) is 16.8 Å². The van der Waals surface area contributed by atoms with Gasteiger partial charge in [-0.15, -0.1) is 11.3 Å². The highest BCUT2D eigenvalue weighted by Gasteiger charge is 2.25. The minimum atomic E-state index is -0.290. The largest absolute Gasteiger partial charge is 0.358 e. The Bertz CT molecular complexity index is 695. The fourth-order valence-corrected chi connectivity index (χ4v) is 4.27. The van der Waals surface area contributed by atoms with Gasteiger partial charge in [0.2, 0.25) is 5.91 Å². The number of thiophene rings is 1. The van der Waals surface area contributed by atoms with Gasteiger partial charge >= 0.3 is 0 Å². The fraction of sp³-hybridized carbons (Fsp3) is 0.562. The number of anilines is 1. The molecule has 0 saturated heterocycles. The maximum atomic E-state index is 12.1. The van der Waals surface area contributed by atoms with Crippen molar-refractivity contribution in [2.45, 2.75) is 45.6 Å². The molecule has 0 aromatic carbocycles. The van der Waals surface area contributed by atoms with E-state index in [0.29, 0.717) is 0 Å². The number of aromatic nitrogens is 2. The predicted octanol–water partition coefficient (Wildman–Crippen LogP) is 2.75. The second-order valence-corrected chi connectivity index (χ2v) is 7.18. The summed E-state index contributed by atoms with van der Waals surface area (Å²) in [5, 5.41) is 7.20. The smallest absolute Gasteiger partial charge is 0.242 e. The molecule has 2 aromatic heterocycles. The van der Waals surface area contributed by atoms with E-state index in [2.05, 4.69) is 20.6 Å². The molecule has 3 rings (SSSR count). The summed E-state index contributed by atoms with van der Waals surface area (Å²) in [7, 11) is 1.67. The minimum Gasteiger partial charge on any atom is -0.358 e. The van der Waals surface area contributed by atoms with Crippen molar-refractivity contribution in [1.29, 1.82) is 0 Å². The SMILES string of the molecule is CNC(=O)C(Nc1ncnc2sc3c(c12)CCCC3)C(C)C. The van der Waals surface area contributed by atoms with Crippen molar-refractivity contribution in [3.63, 3.8) is 0 Å². The van der Waals surface area contributed by atoms with E-state index in [1.165, 1.54) is 23.3 Å². The number of nitrogens with one attached hydrogen (secondary N) is 2. The molecular weight excluding hydrogens is 296 g/mol. The maximum absolute atomic E-state index is 12.1. The summed E-state index contributed by atoms with van der Waals surface area (Å²) in [6, 6.07) is -0.290. The van der Waals surface area contributed by atoms with Crippen LogP contribution in [0.5, 0.6) is 0 Å². The van der Waals surface area contributed by atoms with E-state index in [0.717, 1.165) is 28.9 Å². The number of fused-ring (bicyclic) bond motifs is 3. The first kappa shape index (κ1) is 15.2. The van der Waals surface area contributed by atoms with Crippen molar-refractivity contribution < 1.29 is 4.79 Å². The van der Waals surface area contributed by atoms with Crippen LogP contribution in [0, 0.1) is 5.92 Å². The molecule has 2 N–H and O–H groups in total. The first-order valence-corrected chi connectivity index (χ1v) is 8.66. The van der Waals surface area contributed by atoms with E-state index >= 15 is 0 Å². The molecule has 2 aromatic rings. The molecule has 1 unspecified atom stereocenters. The van der Waals surface area contributed by atoms with Crippen molar-refractivity contribution in [2.75, 3.05) is 12.4 Å². The highest BCUT2D eigenvalue weighted by Crippen LogP contribution is 2.38. The average molecular weight is 318 g/mol. The molecule has 1 aliphatic carbocycles. The molecule has 0 radical (unpaired) electrons. The third kappa shape index (κ3) is 2.67. The first-order valence-electron chi connectivity index (χ1n) is 7.85. The van der Waals surface area contributed by atoms with Crippen LogP contribution in [-0.4, -0.2) is 29.0 Å². The third-order valence-corrected chi connectivity index (χ3v) is 5.44. The Morgan fingerprint density at radius 3 is 2.77 bits per heavy atom. The van der Waals surface area contributed by atoms with Crippen LogP contribution in [0.15, 0.2) is 6.33 Å². The lowest BCUT2D eigenvalue weighted by atomic mass is 9.96. The lowest BCUT2D eigenvalue weighted by molar-refractivity contribution is -0.122. The van der Waals surface area contributed by atoms with Crippen LogP contribution in [0.3, 0.4) is 0 Å². The molecule has 0 fully saturated rings. The summed E-state index contributed by atoms with van der Waals surface area (Å²) in [5.74, 6) is 0.969. The molecule has 1 atom stereocenters. The maximum Gasteiger partial charge on any atom is 0.242 e. The predicted molar refractivity (Wildman–Crippen MR) is 90.4 cm³/mol. The van der Waals surface area contributed by atoms with Gasteiger partial charge in [-0.05, 0) is 37.2 Å². The summed E-state index contributed by atoms with van der Waals surface area (Å²) in [5.41, 5.74) is 1.38. The number of aryl methyl sites for hydroxylation is 2. The molecule has 118 valence electrons. The Balaban J connectivity index is 2.03. The van der Waals surface area contributed by atoms with Crippen molar-refractivity contribution in [2.24, 2.45) is 5.92 Å². The van der Waals surface area contributed by atoms with Gasteiger partial charge in [-0.3, -0.25) is 4.79 Å². The van der Waals surface area contributed by atoms with Gasteiger partial charge in [0.25, 0.3) is 0 Å². The van der Waals surface area contributed by atoms with Gasteiger partial charge < -0.3 is 10.6 Å². The minimum absolute atomic E-state index is 0.00846. The fourth-order valence-electron chi connectivity index (χ4n) is 3.04. The summed E-state index contributed by atoms with van der Waals surface area (Å²) in [6.45, 7) is 4.07. The number of hydrogen-bond donors (Lipinski definition) is 2. The van der Waals surface area contributed by atoms with E-state index in [-0.39, 0.29) is 17.9 Å². The second-order valence-electron chi connectivity index (χ2n) is 6.09. The average Bonchev–Trinajstić information content (AvgIpc) is 2.90. The summed E-state index contributed by atoms with van der Waals surface area (Å²) < 4.78 is 0. The van der Waals surface area contributed by atoms with E-state index in [9.17, 15) is 4.79 Å². The zero-order valence-corrected chi connectivity index (χ0v) is 14.1. The zero-order chi connectivity index (χ0) is 15.7. The van der Waals surface area contributed by atoms with E-state index in [1.807, 2.05) is 13.8 Å². The van der Waals surface area contributed by atoms with Gasteiger partial charge in [-0.25, -0.2) is 9.97 Å². The first-order chi connectivity index (χ1) is 10.6.